The molecule has 0 fully saturated rings. The molecule has 6 nitrogen and oxygen atoms in total. The number of esters is 1. The van der Waals surface area contributed by atoms with Crippen LogP contribution >= 0.6 is 0 Å². The van der Waals surface area contributed by atoms with E-state index in [4.69, 9.17) is 4.42 Å². The second kappa shape index (κ2) is 11.6. The van der Waals surface area contributed by atoms with Gasteiger partial charge in [-0.1, -0.05) is 46.0 Å². The molecular formula is C18H30N2O4. The summed E-state index contributed by atoms with van der Waals surface area (Å²) >= 11 is 0. The van der Waals surface area contributed by atoms with Crippen molar-refractivity contribution in [2.24, 2.45) is 0 Å². The highest BCUT2D eigenvalue weighted by atomic mass is 16.5. The molecule has 1 heterocycles. The van der Waals surface area contributed by atoms with Crippen LogP contribution < -0.4 is 0 Å². The number of aromatic nitrogens is 1. The van der Waals surface area contributed by atoms with Crippen LogP contribution in [-0.2, 0) is 16.1 Å². The predicted molar refractivity (Wildman–Crippen MR) is 91.5 cm³/mol. The molecular weight excluding hydrogens is 308 g/mol. The van der Waals surface area contributed by atoms with Crippen molar-refractivity contribution in [3.05, 3.63) is 17.8 Å². The van der Waals surface area contributed by atoms with Crippen LogP contribution in [0.1, 0.15) is 81.6 Å². The maximum atomic E-state index is 12.5. The van der Waals surface area contributed by atoms with Crippen LogP contribution in [0.25, 0.3) is 0 Å². The molecule has 0 aliphatic carbocycles. The Morgan fingerprint density at radius 1 is 1.12 bits per heavy atom. The van der Waals surface area contributed by atoms with Crippen molar-refractivity contribution in [1.29, 1.82) is 0 Å². The van der Waals surface area contributed by atoms with Crippen LogP contribution in [0, 0.1) is 0 Å². The largest absolute Gasteiger partial charge is 0.464 e. The summed E-state index contributed by atoms with van der Waals surface area (Å²) in [7, 11) is 1.30. The molecule has 0 spiro atoms. The predicted octanol–water partition coefficient (Wildman–Crippen LogP) is 3.95. The van der Waals surface area contributed by atoms with Crippen LogP contribution in [0.5, 0.6) is 0 Å². The number of hydrogen-bond donors (Lipinski definition) is 0. The summed E-state index contributed by atoms with van der Waals surface area (Å²) in [6.07, 6.45) is 9.27. The molecule has 0 aliphatic heterocycles. The summed E-state index contributed by atoms with van der Waals surface area (Å²) in [4.78, 5) is 29.8. The lowest BCUT2D eigenvalue weighted by Gasteiger charge is -2.21. The number of amides is 1. The maximum Gasteiger partial charge on any atom is 0.360 e. The van der Waals surface area contributed by atoms with Gasteiger partial charge in [-0.15, -0.1) is 0 Å². The van der Waals surface area contributed by atoms with Gasteiger partial charge in [-0.05, 0) is 12.8 Å². The summed E-state index contributed by atoms with van der Waals surface area (Å²) in [6.45, 7) is 5.28. The fourth-order valence-electron chi connectivity index (χ4n) is 2.45. The second-order valence-electron chi connectivity index (χ2n) is 5.95. The molecule has 0 aromatic carbocycles. The van der Waals surface area contributed by atoms with Gasteiger partial charge < -0.3 is 14.1 Å². The van der Waals surface area contributed by atoms with Gasteiger partial charge in [0.25, 0.3) is 0 Å². The van der Waals surface area contributed by atoms with Crippen molar-refractivity contribution >= 4 is 11.9 Å². The molecule has 0 N–H and O–H groups in total. The van der Waals surface area contributed by atoms with Gasteiger partial charge in [0.2, 0.25) is 11.8 Å². The normalized spacial score (nSPS) is 10.6. The molecule has 0 bridgehead atoms. The minimum atomic E-state index is -0.534. The summed E-state index contributed by atoms with van der Waals surface area (Å²) in [5.41, 5.74) is 0.136. The molecule has 0 saturated carbocycles. The fourth-order valence-corrected chi connectivity index (χ4v) is 2.45. The lowest BCUT2D eigenvalue weighted by Crippen LogP contribution is -2.31. The minimum Gasteiger partial charge on any atom is -0.464 e. The van der Waals surface area contributed by atoms with Crippen LogP contribution in [0.2, 0.25) is 0 Å². The van der Waals surface area contributed by atoms with E-state index in [1.807, 2.05) is 0 Å². The number of methoxy groups -OCH3 is 1. The first-order valence-electron chi connectivity index (χ1n) is 8.92. The number of unbranched alkanes of at least 4 members (excludes halogenated alkanes) is 5. The molecule has 6 heteroatoms. The quantitative estimate of drug-likeness (QED) is 0.426. The first kappa shape index (κ1) is 20.2. The van der Waals surface area contributed by atoms with E-state index in [0.29, 0.717) is 25.4 Å². The van der Waals surface area contributed by atoms with Gasteiger partial charge in [-0.2, -0.15) is 0 Å². The molecule has 24 heavy (non-hydrogen) atoms. The molecule has 1 aromatic heterocycles. The highest BCUT2D eigenvalue weighted by Gasteiger charge is 2.18. The van der Waals surface area contributed by atoms with Gasteiger partial charge in [0, 0.05) is 13.0 Å². The van der Waals surface area contributed by atoms with E-state index >= 15 is 0 Å². The van der Waals surface area contributed by atoms with Crippen molar-refractivity contribution in [3.8, 4) is 0 Å². The Kier molecular flexibility index (Phi) is 9.80. The van der Waals surface area contributed by atoms with Crippen molar-refractivity contribution < 1.29 is 18.7 Å². The lowest BCUT2D eigenvalue weighted by molar-refractivity contribution is -0.132. The van der Waals surface area contributed by atoms with E-state index in [0.717, 1.165) is 44.9 Å². The third-order valence-electron chi connectivity index (χ3n) is 3.90. The average molecular weight is 338 g/mol. The van der Waals surface area contributed by atoms with E-state index in [-0.39, 0.29) is 11.6 Å². The number of carbonyl (C=O) groups excluding carboxylic acids is 2. The Morgan fingerprint density at radius 2 is 1.83 bits per heavy atom. The number of rotatable bonds is 12. The smallest absolute Gasteiger partial charge is 0.360 e. The van der Waals surface area contributed by atoms with E-state index in [9.17, 15) is 9.59 Å². The molecule has 0 radical (unpaired) electrons. The Bertz CT molecular complexity index is 499. The van der Waals surface area contributed by atoms with E-state index in [1.54, 1.807) is 4.90 Å². The van der Waals surface area contributed by atoms with E-state index < -0.39 is 5.97 Å². The topological polar surface area (TPSA) is 72.6 Å². The van der Waals surface area contributed by atoms with Crippen molar-refractivity contribution in [2.45, 2.75) is 71.8 Å². The van der Waals surface area contributed by atoms with Gasteiger partial charge in [0.05, 0.1) is 13.7 Å². The summed E-state index contributed by atoms with van der Waals surface area (Å²) in [5.74, 6) is -0.0396. The standard InChI is InChI=1S/C18H30N2O4/c1-4-6-8-9-11-17(21)20(12-10-7-5-2)13-16-19-15(14-24-16)18(22)23-3/h14H,4-13H2,1-3H3. The number of hydrogen-bond acceptors (Lipinski definition) is 5. The summed E-state index contributed by atoms with van der Waals surface area (Å²) in [6, 6.07) is 0. The maximum absolute atomic E-state index is 12.5. The van der Waals surface area contributed by atoms with Crippen molar-refractivity contribution in [1.82, 2.24) is 9.88 Å². The molecule has 0 atom stereocenters. The third-order valence-corrected chi connectivity index (χ3v) is 3.90. The molecule has 0 saturated heterocycles. The molecule has 1 rings (SSSR count). The van der Waals surface area contributed by atoms with Crippen LogP contribution in [0.15, 0.2) is 10.7 Å². The Labute approximate surface area is 144 Å². The average Bonchev–Trinajstić information content (AvgIpc) is 3.05. The summed E-state index contributed by atoms with van der Waals surface area (Å²) in [5, 5.41) is 0. The van der Waals surface area contributed by atoms with Gasteiger partial charge in [-0.3, -0.25) is 4.79 Å². The SMILES string of the molecule is CCCCCCC(=O)N(CCCCC)Cc1nc(C(=O)OC)co1. The second-order valence-corrected chi connectivity index (χ2v) is 5.95. The van der Waals surface area contributed by atoms with Gasteiger partial charge in [0.1, 0.15) is 6.26 Å². The zero-order chi connectivity index (χ0) is 17.8. The van der Waals surface area contributed by atoms with Crippen LogP contribution in [0.3, 0.4) is 0 Å². The Morgan fingerprint density at radius 3 is 2.50 bits per heavy atom. The molecule has 1 amide bonds. The molecule has 0 aliphatic rings. The third kappa shape index (κ3) is 7.15. The molecule has 136 valence electrons. The number of ether oxygens (including phenoxy) is 1. The lowest BCUT2D eigenvalue weighted by atomic mass is 10.1. The Hall–Kier alpha value is -1.85. The van der Waals surface area contributed by atoms with Gasteiger partial charge >= 0.3 is 5.97 Å². The fraction of sp³-hybridized carbons (Fsp3) is 0.722. The van der Waals surface area contributed by atoms with Crippen LogP contribution in [-0.4, -0.2) is 35.4 Å². The Balaban J connectivity index is 2.61. The van der Waals surface area contributed by atoms with Crippen LogP contribution in [0.4, 0.5) is 0 Å². The van der Waals surface area contributed by atoms with Gasteiger partial charge in [-0.25, -0.2) is 9.78 Å². The molecule has 1 aromatic rings. The minimum absolute atomic E-state index is 0.125. The highest BCUT2D eigenvalue weighted by Crippen LogP contribution is 2.12. The first-order valence-corrected chi connectivity index (χ1v) is 8.92. The highest BCUT2D eigenvalue weighted by molar-refractivity contribution is 5.86. The first-order chi connectivity index (χ1) is 11.6. The van der Waals surface area contributed by atoms with Gasteiger partial charge in [0.15, 0.2) is 5.69 Å². The number of carbonyl (C=O) groups is 2. The zero-order valence-corrected chi connectivity index (χ0v) is 15.2. The van der Waals surface area contributed by atoms with E-state index in [1.165, 1.54) is 13.4 Å². The number of oxazole rings is 1. The number of nitrogens with zero attached hydrogens (tertiary/aromatic N) is 2. The summed E-state index contributed by atoms with van der Waals surface area (Å²) < 4.78 is 9.93. The van der Waals surface area contributed by atoms with E-state index in [2.05, 4.69) is 23.6 Å². The monoisotopic (exact) mass is 338 g/mol. The van der Waals surface area contributed by atoms with Crippen molar-refractivity contribution in [3.63, 3.8) is 0 Å². The zero-order valence-electron chi connectivity index (χ0n) is 15.2. The molecule has 0 unspecified atom stereocenters. The van der Waals surface area contributed by atoms with Crippen molar-refractivity contribution in [2.75, 3.05) is 13.7 Å².